The Hall–Kier alpha value is 1.13. The molecule has 0 aliphatic heterocycles. The molecule has 2 atom stereocenters. The molecule has 2 fully saturated rings. The van der Waals surface area contributed by atoms with Crippen LogP contribution < -0.4 is 73.6 Å². The molecule has 0 heterocycles. The second kappa shape index (κ2) is 10.1. The molecule has 1 aromatic carbocycles. The van der Waals surface area contributed by atoms with Crippen LogP contribution in [0.1, 0.15) is 62.5 Å². The molecule has 0 bridgehead atoms. The minimum absolute atomic E-state index is 0. The largest absolute Gasteiger partial charge is 1.00 e. The van der Waals surface area contributed by atoms with E-state index >= 15 is 0 Å². The third kappa shape index (κ3) is 6.90. The van der Waals surface area contributed by atoms with Gasteiger partial charge in [-0.3, -0.25) is 0 Å². The minimum atomic E-state index is -5.02. The van der Waals surface area contributed by atoms with E-state index in [0.717, 1.165) is 11.1 Å². The number of rotatable bonds is 8. The molecule has 2 aliphatic rings. The van der Waals surface area contributed by atoms with E-state index in [1.54, 1.807) is 0 Å². The van der Waals surface area contributed by atoms with E-state index < -0.39 is 14.6 Å². The topological polar surface area (TPSA) is 81.7 Å². The predicted molar refractivity (Wildman–Crippen MR) is 82.9 cm³/mol. The van der Waals surface area contributed by atoms with E-state index in [0.29, 0.717) is 29.4 Å². The van der Waals surface area contributed by atoms with Crippen LogP contribution in [0.3, 0.4) is 0 Å². The zero-order valence-electron chi connectivity index (χ0n) is 15.6. The van der Waals surface area contributed by atoms with Crippen molar-refractivity contribution in [3.63, 3.8) is 0 Å². The molecule has 0 radical (unpaired) electrons. The van der Waals surface area contributed by atoms with Crippen molar-refractivity contribution in [3.05, 3.63) is 29.3 Å². The molecule has 0 amide bonds. The molecule has 25 heavy (non-hydrogen) atoms. The first kappa shape index (κ1) is 24.2. The average Bonchev–Trinajstić information content (AvgIpc) is 3.38. The Morgan fingerprint density at radius 2 is 1.48 bits per heavy atom. The van der Waals surface area contributed by atoms with Gasteiger partial charge in [-0.05, 0) is 60.5 Å². The first-order valence-electron chi connectivity index (χ1n) is 8.29. The number of phosphoric ester groups is 1. The van der Waals surface area contributed by atoms with Gasteiger partial charge in [0.1, 0.15) is 5.75 Å². The molecule has 8 heteroatoms. The van der Waals surface area contributed by atoms with Crippen LogP contribution in [0.5, 0.6) is 5.75 Å². The fourth-order valence-corrected chi connectivity index (χ4v) is 3.49. The summed E-state index contributed by atoms with van der Waals surface area (Å²) < 4.78 is 20.6. The summed E-state index contributed by atoms with van der Waals surface area (Å²) in [6.45, 7) is 3.81. The number of hydrogen-bond acceptors (Lipinski definition) is 5. The fourth-order valence-electron chi connectivity index (χ4n) is 3.31. The second-order valence-corrected chi connectivity index (χ2v) is 8.01. The Balaban J connectivity index is 0.00000156. The maximum atomic E-state index is 10.7. The number of ether oxygens (including phenoxy) is 1. The number of benzene rings is 1. The molecule has 1 aromatic rings. The normalized spacial score (nSPS) is 19.4. The van der Waals surface area contributed by atoms with Crippen molar-refractivity contribution < 1.29 is 82.7 Å². The van der Waals surface area contributed by atoms with Gasteiger partial charge in [-0.2, -0.15) is 0 Å². The molecular weight excluding hydrogens is 361 g/mol. The summed E-state index contributed by atoms with van der Waals surface area (Å²) in [5.74, 6) is 2.76. The van der Waals surface area contributed by atoms with Crippen LogP contribution in [0.15, 0.2) is 18.2 Å². The summed E-state index contributed by atoms with van der Waals surface area (Å²) in [6, 6.07) is 6.12. The van der Waals surface area contributed by atoms with Gasteiger partial charge in [0.25, 0.3) is 0 Å². The quantitative estimate of drug-likeness (QED) is 0.270. The summed E-state index contributed by atoms with van der Waals surface area (Å²) >= 11 is 0. The maximum Gasteiger partial charge on any atom is 1.00 e. The Morgan fingerprint density at radius 3 is 1.84 bits per heavy atom. The molecule has 5 nitrogen and oxygen atoms in total. The zero-order chi connectivity index (χ0) is 16.6. The molecule has 3 rings (SSSR count). The predicted octanol–water partition coefficient (Wildman–Crippen LogP) is -3.10. The second-order valence-electron chi connectivity index (χ2n) is 6.86. The summed E-state index contributed by atoms with van der Waals surface area (Å²) in [6.07, 6.45) is 4.87. The van der Waals surface area contributed by atoms with Gasteiger partial charge in [-0.15, -0.1) is 0 Å². The van der Waals surface area contributed by atoms with Crippen molar-refractivity contribution in [3.8, 4) is 5.75 Å². The fraction of sp³-hybridized carbons (Fsp3) is 0.647. The van der Waals surface area contributed by atoms with E-state index in [1.807, 2.05) is 18.2 Å². The molecular formula is C17H23Na2O5P. The van der Waals surface area contributed by atoms with Crippen molar-refractivity contribution in [2.75, 3.05) is 6.79 Å². The van der Waals surface area contributed by atoms with Crippen LogP contribution in [0, 0.1) is 11.8 Å². The van der Waals surface area contributed by atoms with E-state index in [-0.39, 0.29) is 59.1 Å². The van der Waals surface area contributed by atoms with E-state index in [1.165, 1.54) is 25.7 Å². The van der Waals surface area contributed by atoms with Crippen LogP contribution >= 0.6 is 7.82 Å². The Labute approximate surface area is 194 Å². The molecule has 0 unspecified atom stereocenters. The van der Waals surface area contributed by atoms with Crippen molar-refractivity contribution in [2.45, 2.75) is 51.4 Å². The summed E-state index contributed by atoms with van der Waals surface area (Å²) in [7, 11) is -5.02. The summed E-state index contributed by atoms with van der Waals surface area (Å²) in [4.78, 5) is 21.3. The van der Waals surface area contributed by atoms with Crippen LogP contribution in [-0.4, -0.2) is 6.79 Å². The monoisotopic (exact) mass is 384 g/mol. The smallest absolute Gasteiger partial charge is 0.790 e. The van der Waals surface area contributed by atoms with Crippen LogP contribution in [0.2, 0.25) is 0 Å². The van der Waals surface area contributed by atoms with E-state index in [4.69, 9.17) is 4.74 Å². The molecule has 0 spiro atoms. The average molecular weight is 384 g/mol. The van der Waals surface area contributed by atoms with Gasteiger partial charge in [0.05, 0.1) is 7.82 Å². The van der Waals surface area contributed by atoms with Crippen LogP contribution in [0.25, 0.3) is 0 Å². The van der Waals surface area contributed by atoms with Gasteiger partial charge in [0, 0.05) is 0 Å². The zero-order valence-corrected chi connectivity index (χ0v) is 20.5. The first-order valence-corrected chi connectivity index (χ1v) is 9.75. The Morgan fingerprint density at radius 1 is 1.04 bits per heavy atom. The Kier molecular flexibility index (Phi) is 9.73. The van der Waals surface area contributed by atoms with Crippen molar-refractivity contribution >= 4 is 7.82 Å². The van der Waals surface area contributed by atoms with Gasteiger partial charge in [-0.1, -0.05) is 32.0 Å². The number of hydrogen-bond donors (Lipinski definition) is 0. The van der Waals surface area contributed by atoms with E-state index in [9.17, 15) is 14.4 Å². The van der Waals surface area contributed by atoms with Gasteiger partial charge >= 0.3 is 59.1 Å². The number of para-hydroxylation sites is 1. The van der Waals surface area contributed by atoms with Gasteiger partial charge in [-0.25, -0.2) is 0 Å². The molecule has 0 N–H and O–H groups in total. The Bertz CT molecular complexity index is 577. The summed E-state index contributed by atoms with van der Waals surface area (Å²) in [5.41, 5.74) is 2.18. The third-order valence-corrected chi connectivity index (χ3v) is 5.55. The van der Waals surface area contributed by atoms with Crippen molar-refractivity contribution in [1.29, 1.82) is 0 Å². The summed E-state index contributed by atoms with van der Waals surface area (Å²) in [5, 5.41) is 0. The molecule has 2 saturated carbocycles. The van der Waals surface area contributed by atoms with Crippen LogP contribution in [-0.2, 0) is 9.09 Å². The first-order chi connectivity index (χ1) is 10.9. The van der Waals surface area contributed by atoms with Crippen LogP contribution in [0.4, 0.5) is 0 Å². The van der Waals surface area contributed by atoms with E-state index in [2.05, 4.69) is 18.4 Å². The standard InChI is InChI=1S/C17H25O5P.2Na/c1-11(13-6-7-13)15-4-3-5-16(12(2)14-8-9-14)17(15)21-10-22-23(18,19)20;;/h3-5,11-14H,6-10H2,1-2H3,(H2,18,19,20);;/q;2*+1/p-2/t11-,12-;;/m0../s1. The molecule has 2 aliphatic carbocycles. The molecule has 0 saturated heterocycles. The van der Waals surface area contributed by atoms with Gasteiger partial charge < -0.3 is 23.6 Å². The van der Waals surface area contributed by atoms with Gasteiger partial charge in [0.2, 0.25) is 0 Å². The van der Waals surface area contributed by atoms with Gasteiger partial charge in [0.15, 0.2) is 6.79 Å². The van der Waals surface area contributed by atoms with Crippen molar-refractivity contribution in [1.82, 2.24) is 0 Å². The molecule has 0 aromatic heterocycles. The maximum absolute atomic E-state index is 10.7. The minimum Gasteiger partial charge on any atom is -0.790 e. The number of phosphoric acid groups is 1. The SMILES string of the molecule is C[C@H](c1cccc([C@@H](C)C2CC2)c1OCOP(=O)([O-])[O-])C1CC1.[Na+].[Na+]. The van der Waals surface area contributed by atoms with Crippen molar-refractivity contribution in [2.24, 2.45) is 11.8 Å². The third-order valence-electron chi connectivity index (χ3n) is 5.13. The molecule has 128 valence electrons.